The smallest absolute Gasteiger partial charge is 0.178 e. The van der Waals surface area contributed by atoms with Gasteiger partial charge in [-0.2, -0.15) is 0 Å². The van der Waals surface area contributed by atoms with Gasteiger partial charge in [0.2, 0.25) is 0 Å². The Kier molecular flexibility index (Phi) is 7.87. The first-order valence-electron chi connectivity index (χ1n) is 6.27. The average molecular weight is 272 g/mol. The number of aliphatic hydroxyl groups excluding tert-OH is 1. The Morgan fingerprint density at radius 2 is 2.00 bits per heavy atom. The molecule has 18 heavy (non-hydrogen) atoms. The predicted octanol–water partition coefficient (Wildman–Crippen LogP) is 2.85. The predicted molar refractivity (Wildman–Crippen MR) is 77.0 cm³/mol. The van der Waals surface area contributed by atoms with Crippen LogP contribution in [-0.2, 0) is 9.84 Å². The Labute approximate surface area is 111 Å². The van der Waals surface area contributed by atoms with Crippen molar-refractivity contribution in [3.05, 3.63) is 34.8 Å². The number of hydrogen-bond donors (Lipinski definition) is 1. The Morgan fingerprint density at radius 3 is 2.44 bits per heavy atom. The molecular weight excluding hydrogens is 248 g/mol. The lowest BCUT2D eigenvalue weighted by Crippen LogP contribution is -2.14. The highest BCUT2D eigenvalue weighted by molar-refractivity contribution is 7.95. The van der Waals surface area contributed by atoms with E-state index in [4.69, 9.17) is 5.11 Å². The van der Waals surface area contributed by atoms with Crippen LogP contribution >= 0.6 is 0 Å². The van der Waals surface area contributed by atoms with Gasteiger partial charge in [0.25, 0.3) is 0 Å². The highest BCUT2D eigenvalue weighted by Crippen LogP contribution is 2.31. The summed E-state index contributed by atoms with van der Waals surface area (Å²) >= 11 is 0. The van der Waals surface area contributed by atoms with Crippen molar-refractivity contribution in [3.8, 4) is 0 Å². The molecule has 4 heteroatoms. The Hall–Kier alpha value is -0.870. The highest BCUT2D eigenvalue weighted by atomic mass is 32.2. The van der Waals surface area contributed by atoms with E-state index >= 15 is 0 Å². The molecule has 1 N–H and O–H groups in total. The Morgan fingerprint density at radius 1 is 1.39 bits per heavy atom. The molecule has 0 aromatic carbocycles. The van der Waals surface area contributed by atoms with Crippen molar-refractivity contribution in [3.63, 3.8) is 0 Å². The largest absolute Gasteiger partial charge is 0.400 e. The third kappa shape index (κ3) is 4.10. The van der Waals surface area contributed by atoms with E-state index in [9.17, 15) is 8.42 Å². The lowest BCUT2D eigenvalue weighted by atomic mass is 9.89. The molecule has 3 nitrogen and oxygen atoms in total. The van der Waals surface area contributed by atoms with Gasteiger partial charge in [-0.05, 0) is 37.3 Å². The second kappa shape index (κ2) is 8.27. The highest BCUT2D eigenvalue weighted by Gasteiger charge is 2.23. The topological polar surface area (TPSA) is 54.4 Å². The van der Waals surface area contributed by atoms with E-state index in [-0.39, 0.29) is 5.75 Å². The first kappa shape index (κ1) is 17.1. The lowest BCUT2D eigenvalue weighted by Gasteiger charge is -2.21. The summed E-state index contributed by atoms with van der Waals surface area (Å²) in [4.78, 5) is 0.520. The minimum absolute atomic E-state index is 0.171. The summed E-state index contributed by atoms with van der Waals surface area (Å²) in [5, 5.41) is 7.00. The maximum Gasteiger partial charge on any atom is 0.178 e. The van der Waals surface area contributed by atoms with Gasteiger partial charge in [0.05, 0.1) is 10.7 Å². The van der Waals surface area contributed by atoms with Crippen LogP contribution in [-0.4, -0.2) is 26.4 Å². The first-order chi connectivity index (χ1) is 8.56. The van der Waals surface area contributed by atoms with Crippen LogP contribution in [0.25, 0.3) is 0 Å². The molecule has 0 aromatic heterocycles. The fourth-order valence-corrected chi connectivity index (χ4v) is 3.20. The molecule has 0 bridgehead atoms. The van der Waals surface area contributed by atoms with Crippen molar-refractivity contribution >= 4 is 9.84 Å². The van der Waals surface area contributed by atoms with Gasteiger partial charge in [-0.3, -0.25) is 0 Å². The molecule has 0 saturated heterocycles. The van der Waals surface area contributed by atoms with Crippen LogP contribution in [0.4, 0.5) is 0 Å². The number of aliphatic hydroxyl groups is 1. The summed E-state index contributed by atoms with van der Waals surface area (Å²) in [7, 11) is -2.09. The van der Waals surface area contributed by atoms with Crippen molar-refractivity contribution in [1.82, 2.24) is 0 Å². The second-order valence-corrected chi connectivity index (χ2v) is 6.21. The molecule has 1 unspecified atom stereocenters. The summed E-state index contributed by atoms with van der Waals surface area (Å²) in [6.45, 7) is 5.72. The molecule has 0 radical (unpaired) electrons. The number of sulfone groups is 1. The van der Waals surface area contributed by atoms with E-state index in [0.717, 1.165) is 25.5 Å². The van der Waals surface area contributed by atoms with Crippen molar-refractivity contribution in [2.75, 3.05) is 12.9 Å². The van der Waals surface area contributed by atoms with Crippen LogP contribution in [0.5, 0.6) is 0 Å². The number of rotatable bonds is 4. The molecule has 0 saturated carbocycles. The monoisotopic (exact) mass is 272 g/mol. The summed E-state index contributed by atoms with van der Waals surface area (Å²) in [5.74, 6) is 0.516. The van der Waals surface area contributed by atoms with Gasteiger partial charge in [0.1, 0.15) is 0 Å². The third-order valence-electron chi connectivity index (χ3n) is 2.97. The summed E-state index contributed by atoms with van der Waals surface area (Å²) in [6.07, 6.45) is 9.53. The molecule has 1 aliphatic rings. The maximum atomic E-state index is 12.0. The quantitative estimate of drug-likeness (QED) is 0.856. The summed E-state index contributed by atoms with van der Waals surface area (Å²) in [6, 6.07) is 0. The fraction of sp³-hybridized carbons (Fsp3) is 0.571. The zero-order chi connectivity index (χ0) is 14.2. The number of hydrogen-bond acceptors (Lipinski definition) is 3. The molecule has 1 rings (SSSR count). The molecule has 0 aromatic rings. The molecule has 0 spiro atoms. The van der Waals surface area contributed by atoms with Gasteiger partial charge < -0.3 is 5.11 Å². The molecular formula is C14H24O3S. The molecule has 1 atom stereocenters. The molecule has 104 valence electrons. The lowest BCUT2D eigenvalue weighted by molar-refractivity contribution is 0.399. The van der Waals surface area contributed by atoms with Gasteiger partial charge in [-0.1, -0.05) is 32.1 Å². The van der Waals surface area contributed by atoms with Gasteiger partial charge in [-0.25, -0.2) is 8.42 Å². The van der Waals surface area contributed by atoms with Gasteiger partial charge in [-0.15, -0.1) is 0 Å². The molecule has 0 heterocycles. The SMILES string of the molecule is C/C=C\C1=C(S(=O)(=O)CC)C=CCC1CC.CO. The van der Waals surface area contributed by atoms with E-state index in [1.807, 2.05) is 25.2 Å². The van der Waals surface area contributed by atoms with Crippen LogP contribution in [0.15, 0.2) is 34.8 Å². The van der Waals surface area contributed by atoms with E-state index in [1.54, 1.807) is 13.0 Å². The minimum atomic E-state index is -3.09. The van der Waals surface area contributed by atoms with Gasteiger partial charge in [0.15, 0.2) is 9.84 Å². The zero-order valence-corrected chi connectivity index (χ0v) is 12.5. The van der Waals surface area contributed by atoms with Gasteiger partial charge in [0, 0.05) is 7.11 Å². The van der Waals surface area contributed by atoms with Crippen LogP contribution < -0.4 is 0 Å². The molecule has 1 aliphatic carbocycles. The van der Waals surface area contributed by atoms with Crippen LogP contribution in [0.2, 0.25) is 0 Å². The normalized spacial score (nSPS) is 19.9. The standard InChI is InChI=1S/C13H20O2S.CH4O/c1-4-8-12-11(5-2)9-7-10-13(12)16(14,15)6-3;1-2/h4,7-8,10-11H,5-6,9H2,1-3H3;2H,1H3/b8-4-;. The van der Waals surface area contributed by atoms with Crippen LogP contribution in [0.3, 0.4) is 0 Å². The maximum absolute atomic E-state index is 12.0. The Bertz CT molecular complexity index is 428. The van der Waals surface area contributed by atoms with E-state index in [1.165, 1.54) is 0 Å². The van der Waals surface area contributed by atoms with Crippen LogP contribution in [0, 0.1) is 5.92 Å². The van der Waals surface area contributed by atoms with E-state index in [0.29, 0.717) is 10.8 Å². The minimum Gasteiger partial charge on any atom is -0.400 e. The molecule has 0 fully saturated rings. The summed E-state index contributed by atoms with van der Waals surface area (Å²) in [5.41, 5.74) is 0.981. The zero-order valence-electron chi connectivity index (χ0n) is 11.7. The fourth-order valence-electron chi connectivity index (χ4n) is 1.99. The summed E-state index contributed by atoms with van der Waals surface area (Å²) < 4.78 is 23.9. The molecule has 0 aliphatic heterocycles. The van der Waals surface area contributed by atoms with Crippen molar-refractivity contribution in [1.29, 1.82) is 0 Å². The average Bonchev–Trinajstić information content (AvgIpc) is 2.41. The number of allylic oxidation sites excluding steroid dienone is 5. The van der Waals surface area contributed by atoms with Crippen molar-refractivity contribution in [2.45, 2.75) is 33.6 Å². The van der Waals surface area contributed by atoms with Crippen molar-refractivity contribution < 1.29 is 13.5 Å². The van der Waals surface area contributed by atoms with Crippen molar-refractivity contribution in [2.24, 2.45) is 5.92 Å². The first-order valence-corrected chi connectivity index (χ1v) is 7.92. The van der Waals surface area contributed by atoms with E-state index < -0.39 is 9.84 Å². The third-order valence-corrected chi connectivity index (χ3v) is 4.77. The van der Waals surface area contributed by atoms with Crippen LogP contribution in [0.1, 0.15) is 33.6 Å². The second-order valence-electron chi connectivity index (χ2n) is 3.97. The van der Waals surface area contributed by atoms with Gasteiger partial charge >= 0.3 is 0 Å². The van der Waals surface area contributed by atoms with E-state index in [2.05, 4.69) is 6.92 Å². The molecule has 0 amide bonds. The Balaban J connectivity index is 0.00000137.